The average molecular weight is 237 g/mol. The number of aromatic amines is 1. The molecule has 1 aromatic rings. The van der Waals surface area contributed by atoms with E-state index in [-0.39, 0.29) is 29.3 Å². The Labute approximate surface area is 98.4 Å². The summed E-state index contributed by atoms with van der Waals surface area (Å²) in [4.78, 5) is 22.6. The third kappa shape index (κ3) is 2.91. The van der Waals surface area contributed by atoms with Crippen LogP contribution in [0.1, 0.15) is 29.8 Å². The molecule has 2 rings (SSSR count). The Morgan fingerprint density at radius 2 is 2.35 bits per heavy atom. The molecule has 1 heterocycles. The lowest BCUT2D eigenvalue weighted by atomic mass is 10.2. The molecule has 0 bridgehead atoms. The number of hydrogen-bond donors (Lipinski definition) is 2. The van der Waals surface area contributed by atoms with Crippen molar-refractivity contribution in [2.75, 3.05) is 7.11 Å². The maximum Gasteiger partial charge on any atom is 0.271 e. The van der Waals surface area contributed by atoms with Gasteiger partial charge in [-0.25, -0.2) is 5.10 Å². The Hall–Kier alpha value is -1.69. The van der Waals surface area contributed by atoms with Gasteiger partial charge in [-0.2, -0.15) is 5.10 Å². The smallest absolute Gasteiger partial charge is 0.271 e. The van der Waals surface area contributed by atoms with Crippen LogP contribution >= 0.6 is 0 Å². The molecule has 0 spiro atoms. The zero-order chi connectivity index (χ0) is 12.3. The molecule has 2 N–H and O–H groups in total. The second kappa shape index (κ2) is 5.09. The highest BCUT2D eigenvalue weighted by Gasteiger charge is 2.26. The van der Waals surface area contributed by atoms with Crippen molar-refractivity contribution in [3.8, 4) is 0 Å². The van der Waals surface area contributed by atoms with E-state index in [0.717, 1.165) is 19.3 Å². The normalized spacial score (nSPS) is 23.6. The first-order chi connectivity index (χ1) is 8.19. The quantitative estimate of drug-likeness (QED) is 0.779. The molecule has 6 heteroatoms. The average Bonchev–Trinajstić information content (AvgIpc) is 2.77. The van der Waals surface area contributed by atoms with Gasteiger partial charge in [0, 0.05) is 19.2 Å². The number of rotatable bonds is 3. The van der Waals surface area contributed by atoms with Crippen molar-refractivity contribution in [1.29, 1.82) is 0 Å². The van der Waals surface area contributed by atoms with Crippen molar-refractivity contribution in [3.05, 3.63) is 28.2 Å². The number of H-pyrrole nitrogens is 1. The topological polar surface area (TPSA) is 84.1 Å². The number of ether oxygens (including phenoxy) is 1. The maximum absolute atomic E-state index is 11.8. The van der Waals surface area contributed by atoms with E-state index < -0.39 is 0 Å². The van der Waals surface area contributed by atoms with Crippen LogP contribution in [0.15, 0.2) is 16.9 Å². The van der Waals surface area contributed by atoms with Crippen LogP contribution in [0.25, 0.3) is 0 Å². The van der Waals surface area contributed by atoms with E-state index in [1.165, 1.54) is 12.1 Å². The van der Waals surface area contributed by atoms with Gasteiger partial charge in [-0.3, -0.25) is 9.59 Å². The van der Waals surface area contributed by atoms with Gasteiger partial charge in [0.15, 0.2) is 0 Å². The van der Waals surface area contributed by atoms with E-state index in [2.05, 4.69) is 15.5 Å². The van der Waals surface area contributed by atoms with Gasteiger partial charge in [0.1, 0.15) is 5.69 Å². The summed E-state index contributed by atoms with van der Waals surface area (Å²) in [6.45, 7) is 0. The number of methoxy groups -OCH3 is 1. The van der Waals surface area contributed by atoms with Gasteiger partial charge in [0.05, 0.1) is 6.10 Å². The Morgan fingerprint density at radius 3 is 2.94 bits per heavy atom. The molecule has 2 unspecified atom stereocenters. The highest BCUT2D eigenvalue weighted by atomic mass is 16.5. The van der Waals surface area contributed by atoms with E-state index in [9.17, 15) is 9.59 Å². The van der Waals surface area contributed by atoms with Crippen LogP contribution in [0.5, 0.6) is 0 Å². The van der Waals surface area contributed by atoms with Crippen molar-refractivity contribution >= 4 is 5.91 Å². The van der Waals surface area contributed by atoms with E-state index in [1.54, 1.807) is 7.11 Å². The number of carbonyl (C=O) groups excluding carboxylic acids is 1. The summed E-state index contributed by atoms with van der Waals surface area (Å²) in [6.07, 6.45) is 2.92. The van der Waals surface area contributed by atoms with Crippen LogP contribution in [0.4, 0.5) is 0 Å². The fourth-order valence-corrected chi connectivity index (χ4v) is 2.02. The molecule has 1 amide bonds. The largest absolute Gasteiger partial charge is 0.381 e. The van der Waals surface area contributed by atoms with Crippen LogP contribution in [-0.2, 0) is 4.74 Å². The third-order valence-electron chi connectivity index (χ3n) is 2.96. The minimum atomic E-state index is -0.318. The summed E-state index contributed by atoms with van der Waals surface area (Å²) < 4.78 is 5.23. The SMILES string of the molecule is COC1CCC(NC(=O)c2ccc(=O)[nH]n2)C1. The number of nitrogens with one attached hydrogen (secondary N) is 2. The van der Waals surface area contributed by atoms with Crippen LogP contribution in [0.3, 0.4) is 0 Å². The first kappa shape index (κ1) is 11.8. The molecule has 2 atom stereocenters. The molecule has 6 nitrogen and oxygen atoms in total. The highest BCUT2D eigenvalue weighted by molar-refractivity contribution is 5.92. The van der Waals surface area contributed by atoms with Crippen LogP contribution in [-0.4, -0.2) is 35.4 Å². The van der Waals surface area contributed by atoms with Crippen molar-refractivity contribution < 1.29 is 9.53 Å². The lowest BCUT2D eigenvalue weighted by Gasteiger charge is -2.12. The van der Waals surface area contributed by atoms with E-state index in [1.807, 2.05) is 0 Å². The molecule has 17 heavy (non-hydrogen) atoms. The second-order valence-electron chi connectivity index (χ2n) is 4.15. The number of nitrogens with zero attached hydrogens (tertiary/aromatic N) is 1. The van der Waals surface area contributed by atoms with Crippen molar-refractivity contribution in [1.82, 2.24) is 15.5 Å². The summed E-state index contributed by atoms with van der Waals surface area (Å²) in [5.41, 5.74) is -0.0904. The summed E-state index contributed by atoms with van der Waals surface area (Å²) in [7, 11) is 1.68. The highest BCUT2D eigenvalue weighted by Crippen LogP contribution is 2.21. The van der Waals surface area contributed by atoms with E-state index >= 15 is 0 Å². The Bertz CT molecular complexity index is 437. The number of hydrogen-bond acceptors (Lipinski definition) is 4. The molecule has 92 valence electrons. The minimum absolute atomic E-state index is 0.126. The van der Waals surface area contributed by atoms with Gasteiger partial charge in [-0.05, 0) is 25.3 Å². The Morgan fingerprint density at radius 1 is 1.53 bits per heavy atom. The van der Waals surface area contributed by atoms with Gasteiger partial charge in [-0.1, -0.05) is 0 Å². The molecular weight excluding hydrogens is 222 g/mol. The van der Waals surface area contributed by atoms with Crippen molar-refractivity contribution in [3.63, 3.8) is 0 Å². The van der Waals surface area contributed by atoms with Gasteiger partial charge >= 0.3 is 0 Å². The fraction of sp³-hybridized carbons (Fsp3) is 0.545. The Balaban J connectivity index is 1.93. The number of carbonyl (C=O) groups is 1. The predicted octanol–water partition coefficient (Wildman–Crippen LogP) is 0.0672. The first-order valence-electron chi connectivity index (χ1n) is 5.58. The molecule has 1 aromatic heterocycles. The molecule has 1 aliphatic rings. The predicted molar refractivity (Wildman–Crippen MR) is 60.8 cm³/mol. The third-order valence-corrected chi connectivity index (χ3v) is 2.96. The molecule has 0 aliphatic heterocycles. The Kier molecular flexibility index (Phi) is 3.53. The minimum Gasteiger partial charge on any atom is -0.381 e. The zero-order valence-electron chi connectivity index (χ0n) is 9.60. The lowest BCUT2D eigenvalue weighted by Crippen LogP contribution is -2.34. The van der Waals surface area contributed by atoms with Gasteiger partial charge in [0.25, 0.3) is 11.5 Å². The molecule has 1 fully saturated rings. The summed E-state index contributed by atoms with van der Waals surface area (Å²) in [5.74, 6) is -0.261. The van der Waals surface area contributed by atoms with E-state index in [0.29, 0.717) is 0 Å². The summed E-state index contributed by atoms with van der Waals surface area (Å²) in [6, 6.07) is 2.83. The fourth-order valence-electron chi connectivity index (χ4n) is 2.02. The zero-order valence-corrected chi connectivity index (χ0v) is 9.60. The standard InChI is InChI=1S/C11H15N3O3/c1-17-8-3-2-7(6-8)12-11(16)9-4-5-10(15)14-13-9/h4-5,7-8H,2-3,6H2,1H3,(H,12,16)(H,14,15). The molecule has 0 saturated heterocycles. The first-order valence-corrected chi connectivity index (χ1v) is 5.58. The van der Waals surface area contributed by atoms with Gasteiger partial charge in [-0.15, -0.1) is 0 Å². The summed E-state index contributed by atoms with van der Waals surface area (Å²) >= 11 is 0. The second-order valence-corrected chi connectivity index (χ2v) is 4.15. The van der Waals surface area contributed by atoms with Gasteiger partial charge in [0.2, 0.25) is 0 Å². The van der Waals surface area contributed by atoms with Crippen molar-refractivity contribution in [2.45, 2.75) is 31.4 Å². The summed E-state index contributed by atoms with van der Waals surface area (Å²) in [5, 5.41) is 8.79. The number of amides is 1. The van der Waals surface area contributed by atoms with Crippen LogP contribution < -0.4 is 10.9 Å². The molecule has 0 aromatic carbocycles. The van der Waals surface area contributed by atoms with Crippen LogP contribution in [0.2, 0.25) is 0 Å². The maximum atomic E-state index is 11.8. The lowest BCUT2D eigenvalue weighted by molar-refractivity contribution is 0.0909. The number of aromatic nitrogens is 2. The van der Waals surface area contributed by atoms with Gasteiger partial charge < -0.3 is 10.1 Å². The van der Waals surface area contributed by atoms with E-state index in [4.69, 9.17) is 4.74 Å². The van der Waals surface area contributed by atoms with Crippen molar-refractivity contribution in [2.24, 2.45) is 0 Å². The molecule has 1 aliphatic carbocycles. The molecular formula is C11H15N3O3. The molecule has 1 saturated carbocycles. The van der Waals surface area contributed by atoms with Crippen LogP contribution in [0, 0.1) is 0 Å². The monoisotopic (exact) mass is 237 g/mol. The molecule has 0 radical (unpaired) electrons.